The van der Waals surface area contributed by atoms with Crippen LogP contribution in [0.1, 0.15) is 11.1 Å². The molecule has 2 aromatic rings. The molecule has 0 radical (unpaired) electrons. The van der Waals surface area contributed by atoms with Gasteiger partial charge in [-0.05, 0) is 53.7 Å². The maximum atomic E-state index is 12.6. The SMILES string of the molecule is COc1ccc(Br)cc1C=C1SC(=O)N(Cc2ccc(Cl)cc2)C1=O. The Labute approximate surface area is 162 Å². The van der Waals surface area contributed by atoms with Gasteiger partial charge in [-0.25, -0.2) is 0 Å². The van der Waals surface area contributed by atoms with E-state index in [1.165, 1.54) is 4.90 Å². The molecule has 25 heavy (non-hydrogen) atoms. The van der Waals surface area contributed by atoms with Gasteiger partial charge in [0.25, 0.3) is 11.1 Å². The number of amides is 2. The fraction of sp³-hybridized carbons (Fsp3) is 0.111. The molecular formula is C18H13BrClNO3S. The lowest BCUT2D eigenvalue weighted by Gasteiger charge is -2.12. The topological polar surface area (TPSA) is 46.6 Å². The van der Waals surface area contributed by atoms with Gasteiger partial charge in [0.2, 0.25) is 0 Å². The molecule has 2 amide bonds. The maximum Gasteiger partial charge on any atom is 0.293 e. The first-order valence-corrected chi connectivity index (χ1v) is 9.30. The summed E-state index contributed by atoms with van der Waals surface area (Å²) in [7, 11) is 1.56. The molecule has 0 aromatic heterocycles. The lowest BCUT2D eigenvalue weighted by Crippen LogP contribution is -2.27. The summed E-state index contributed by atoms with van der Waals surface area (Å²) >= 11 is 10.2. The van der Waals surface area contributed by atoms with E-state index in [0.29, 0.717) is 15.7 Å². The number of nitrogens with zero attached hydrogens (tertiary/aromatic N) is 1. The van der Waals surface area contributed by atoms with Crippen molar-refractivity contribution in [2.45, 2.75) is 6.54 Å². The van der Waals surface area contributed by atoms with Crippen molar-refractivity contribution in [1.29, 1.82) is 0 Å². The van der Waals surface area contributed by atoms with Crippen molar-refractivity contribution in [2.75, 3.05) is 7.11 Å². The number of methoxy groups -OCH3 is 1. The van der Waals surface area contributed by atoms with Crippen LogP contribution >= 0.6 is 39.3 Å². The Kier molecular flexibility index (Phi) is 5.51. The number of carbonyl (C=O) groups is 2. The molecule has 4 nitrogen and oxygen atoms in total. The van der Waals surface area contributed by atoms with Crippen LogP contribution in [0.15, 0.2) is 51.8 Å². The maximum absolute atomic E-state index is 12.6. The summed E-state index contributed by atoms with van der Waals surface area (Å²) in [5.41, 5.74) is 1.57. The highest BCUT2D eigenvalue weighted by molar-refractivity contribution is 9.10. The van der Waals surface area contributed by atoms with Crippen LogP contribution in [0.5, 0.6) is 5.75 Å². The quantitative estimate of drug-likeness (QED) is 0.604. The van der Waals surface area contributed by atoms with Crippen LogP contribution in [0, 0.1) is 0 Å². The second-order valence-corrected chi connectivity index (χ2v) is 7.63. The standard InChI is InChI=1S/C18H13BrClNO3S/c1-24-15-7-4-13(19)8-12(15)9-16-17(22)21(18(23)25-16)10-11-2-5-14(20)6-3-11/h2-9H,10H2,1H3. The van der Waals surface area contributed by atoms with Crippen molar-refractivity contribution in [1.82, 2.24) is 4.90 Å². The third-order valence-electron chi connectivity index (χ3n) is 3.61. The molecule has 3 rings (SSSR count). The molecule has 1 saturated heterocycles. The highest BCUT2D eigenvalue weighted by Crippen LogP contribution is 2.35. The molecular weight excluding hydrogens is 426 g/mol. The van der Waals surface area contributed by atoms with E-state index in [4.69, 9.17) is 16.3 Å². The first-order chi connectivity index (χ1) is 12.0. The number of halogens is 2. The van der Waals surface area contributed by atoms with Crippen LogP contribution in [0.2, 0.25) is 5.02 Å². The smallest absolute Gasteiger partial charge is 0.293 e. The van der Waals surface area contributed by atoms with Crippen LogP contribution in [-0.4, -0.2) is 23.2 Å². The van der Waals surface area contributed by atoms with Crippen LogP contribution in [0.4, 0.5) is 4.79 Å². The lowest BCUT2D eigenvalue weighted by molar-refractivity contribution is -0.123. The van der Waals surface area contributed by atoms with Gasteiger partial charge in [0.15, 0.2) is 0 Å². The molecule has 128 valence electrons. The summed E-state index contributed by atoms with van der Waals surface area (Å²) in [6.07, 6.45) is 1.68. The predicted molar refractivity (Wildman–Crippen MR) is 104 cm³/mol. The Morgan fingerprint density at radius 3 is 2.60 bits per heavy atom. The van der Waals surface area contributed by atoms with Crippen LogP contribution in [0.25, 0.3) is 6.08 Å². The number of carbonyl (C=O) groups excluding carboxylic acids is 2. The van der Waals surface area contributed by atoms with E-state index in [0.717, 1.165) is 27.4 Å². The van der Waals surface area contributed by atoms with E-state index in [2.05, 4.69) is 15.9 Å². The zero-order valence-electron chi connectivity index (χ0n) is 13.2. The minimum absolute atomic E-state index is 0.217. The molecule has 0 bridgehead atoms. The van der Waals surface area contributed by atoms with Gasteiger partial charge in [-0.3, -0.25) is 14.5 Å². The molecule has 1 fully saturated rings. The van der Waals surface area contributed by atoms with Gasteiger partial charge in [-0.1, -0.05) is 39.7 Å². The van der Waals surface area contributed by atoms with E-state index in [1.54, 1.807) is 43.5 Å². The number of thioether (sulfide) groups is 1. The van der Waals surface area contributed by atoms with Crippen molar-refractivity contribution in [3.63, 3.8) is 0 Å². The number of ether oxygens (including phenoxy) is 1. The average Bonchev–Trinajstić information content (AvgIpc) is 2.84. The zero-order valence-corrected chi connectivity index (χ0v) is 16.3. The van der Waals surface area contributed by atoms with E-state index < -0.39 is 0 Å². The van der Waals surface area contributed by atoms with Gasteiger partial charge >= 0.3 is 0 Å². The summed E-state index contributed by atoms with van der Waals surface area (Å²) < 4.78 is 6.17. The average molecular weight is 439 g/mol. The van der Waals surface area contributed by atoms with Gasteiger partial charge in [0.1, 0.15) is 5.75 Å². The highest BCUT2D eigenvalue weighted by atomic mass is 79.9. The van der Waals surface area contributed by atoms with Gasteiger partial charge in [-0.2, -0.15) is 0 Å². The summed E-state index contributed by atoms with van der Waals surface area (Å²) in [5.74, 6) is 0.319. The van der Waals surface area contributed by atoms with E-state index >= 15 is 0 Å². The van der Waals surface area contributed by atoms with E-state index in [9.17, 15) is 9.59 Å². The fourth-order valence-corrected chi connectivity index (χ4v) is 3.70. The molecule has 0 atom stereocenters. The summed E-state index contributed by atoms with van der Waals surface area (Å²) in [4.78, 5) is 26.4. The fourth-order valence-electron chi connectivity index (χ4n) is 2.37. The van der Waals surface area contributed by atoms with Crippen molar-refractivity contribution in [3.8, 4) is 5.75 Å². The molecule has 0 spiro atoms. The molecule has 7 heteroatoms. The lowest BCUT2D eigenvalue weighted by atomic mass is 10.1. The van der Waals surface area contributed by atoms with Gasteiger partial charge in [0.05, 0.1) is 18.6 Å². The normalized spacial score (nSPS) is 16.0. The van der Waals surface area contributed by atoms with Gasteiger partial charge < -0.3 is 4.74 Å². The molecule has 0 aliphatic carbocycles. The summed E-state index contributed by atoms with van der Waals surface area (Å²) in [5, 5.41) is 0.319. The largest absolute Gasteiger partial charge is 0.496 e. The molecule has 1 aliphatic rings. The predicted octanol–water partition coefficient (Wildman–Crippen LogP) is 5.35. The molecule has 0 saturated carbocycles. The first kappa shape index (κ1) is 18.0. The number of hydrogen-bond donors (Lipinski definition) is 0. The number of benzene rings is 2. The molecule has 2 aromatic carbocycles. The van der Waals surface area contributed by atoms with E-state index in [1.807, 2.05) is 12.1 Å². The van der Waals surface area contributed by atoms with E-state index in [-0.39, 0.29) is 17.7 Å². The zero-order chi connectivity index (χ0) is 18.0. The molecule has 1 aliphatic heterocycles. The van der Waals surface area contributed by atoms with Crippen molar-refractivity contribution in [3.05, 3.63) is 68.0 Å². The van der Waals surface area contributed by atoms with Crippen molar-refractivity contribution >= 4 is 56.5 Å². The number of rotatable bonds is 4. The Morgan fingerprint density at radius 1 is 1.20 bits per heavy atom. The molecule has 1 heterocycles. The minimum atomic E-state index is -0.313. The van der Waals surface area contributed by atoms with Crippen molar-refractivity contribution < 1.29 is 14.3 Å². The second kappa shape index (κ2) is 7.64. The van der Waals surface area contributed by atoms with Gasteiger partial charge in [-0.15, -0.1) is 0 Å². The van der Waals surface area contributed by atoms with Crippen LogP contribution in [-0.2, 0) is 11.3 Å². The number of hydrogen-bond acceptors (Lipinski definition) is 4. The second-order valence-electron chi connectivity index (χ2n) is 5.28. The third kappa shape index (κ3) is 4.08. The molecule has 0 unspecified atom stereocenters. The first-order valence-electron chi connectivity index (χ1n) is 7.31. The Morgan fingerprint density at radius 2 is 1.92 bits per heavy atom. The third-order valence-corrected chi connectivity index (χ3v) is 5.26. The Bertz CT molecular complexity index is 867. The number of imide groups is 1. The van der Waals surface area contributed by atoms with Crippen molar-refractivity contribution in [2.24, 2.45) is 0 Å². The highest BCUT2D eigenvalue weighted by Gasteiger charge is 2.35. The monoisotopic (exact) mass is 437 g/mol. The van der Waals surface area contributed by atoms with Gasteiger partial charge in [0, 0.05) is 15.1 Å². The minimum Gasteiger partial charge on any atom is -0.496 e. The molecule has 0 N–H and O–H groups in total. The van der Waals surface area contributed by atoms with Crippen LogP contribution < -0.4 is 4.74 Å². The Hall–Kier alpha value is -1.76. The Balaban J connectivity index is 1.86. The summed E-state index contributed by atoms with van der Waals surface area (Å²) in [6, 6.07) is 12.6. The summed E-state index contributed by atoms with van der Waals surface area (Å²) in [6.45, 7) is 0.217. The van der Waals surface area contributed by atoms with Crippen LogP contribution in [0.3, 0.4) is 0 Å².